The number of benzene rings is 7. The molecule has 0 fully saturated rings. The van der Waals surface area contributed by atoms with Gasteiger partial charge < -0.3 is 30.8 Å². The number of carbonyl (C=O) groups is 1. The molecule has 1 amide bonds. The van der Waals surface area contributed by atoms with Crippen LogP contribution in [0.4, 0.5) is 51.2 Å². The first-order chi connectivity index (χ1) is 35.1. The van der Waals surface area contributed by atoms with E-state index in [1.54, 1.807) is 13.0 Å². The predicted octanol–water partition coefficient (Wildman–Crippen LogP) is 6.63. The quantitative estimate of drug-likeness (QED) is 0.0276. The number of carbonyl (C=O) groups excluding carboxylic acids is 1. The van der Waals surface area contributed by atoms with Crippen LogP contribution >= 0.6 is 0 Å². The number of anilines is 1. The van der Waals surface area contributed by atoms with Crippen LogP contribution in [0.15, 0.2) is 141 Å². The summed E-state index contributed by atoms with van der Waals surface area (Å²) in [4.78, 5) is 27.1. The molecule has 0 saturated carbocycles. The first-order valence-electron chi connectivity index (χ1n) is 19.9. The third-order valence-electron chi connectivity index (χ3n) is 9.90. The molecular weight excluding hydrogens is 1150 g/mol. The Morgan fingerprint density at radius 1 is 0.532 bits per heavy atom. The number of hydrogen-bond donors (Lipinski definition) is 7. The number of azo groups is 3. The van der Waals surface area contributed by atoms with Gasteiger partial charge in [0.25, 0.3) is 46.2 Å². The van der Waals surface area contributed by atoms with E-state index < -0.39 is 139 Å². The number of hydrogen-bond acceptors (Lipinski definition) is 24. The largest absolute Gasteiger partial charge is 3.00 e. The Labute approximate surface area is 441 Å². The first kappa shape index (κ1) is 59.2. The van der Waals surface area contributed by atoms with Crippen molar-refractivity contribution in [1.29, 1.82) is 0 Å². The molecule has 36 heteroatoms. The van der Waals surface area contributed by atoms with Crippen molar-refractivity contribution in [3.63, 3.8) is 0 Å². The van der Waals surface area contributed by atoms with E-state index >= 15 is 0 Å². The van der Waals surface area contributed by atoms with Crippen molar-refractivity contribution < 1.29 is 109 Å². The average Bonchev–Trinajstić information content (AvgIpc) is 3.30. The molecule has 0 unspecified atom stereocenters. The maximum atomic E-state index is 13.3. The summed E-state index contributed by atoms with van der Waals surface area (Å²) in [5, 5.41) is 104. The predicted molar refractivity (Wildman–Crippen MR) is 253 cm³/mol. The molecule has 0 aliphatic carbocycles. The van der Waals surface area contributed by atoms with Crippen LogP contribution in [0, 0.1) is 27.2 Å². The van der Waals surface area contributed by atoms with Crippen LogP contribution in [0.5, 0.6) is 28.7 Å². The summed E-state index contributed by atoms with van der Waals surface area (Å²) in [6.45, 7) is 2.95. The molecule has 1 radical (unpaired) electrons. The van der Waals surface area contributed by atoms with Gasteiger partial charge in [-0.3, -0.25) is 43.2 Å². The van der Waals surface area contributed by atoms with Gasteiger partial charge in [0.1, 0.15) is 31.0 Å². The van der Waals surface area contributed by atoms with Gasteiger partial charge in [0.15, 0.2) is 5.75 Å². The van der Waals surface area contributed by atoms with Gasteiger partial charge in [-0.15, -0.1) is 15.3 Å². The van der Waals surface area contributed by atoms with Crippen LogP contribution in [0.3, 0.4) is 0 Å². The van der Waals surface area contributed by atoms with Crippen molar-refractivity contribution in [3.8, 4) is 28.7 Å². The summed E-state index contributed by atoms with van der Waals surface area (Å²) in [5.74, 6) is -5.53. The molecule has 0 aromatic heterocycles. The maximum absolute atomic E-state index is 13.3. The second-order valence-corrected chi connectivity index (χ2v) is 20.9. The first-order valence-corrected chi connectivity index (χ1v) is 25.7. The third-order valence-corrected chi connectivity index (χ3v) is 13.3. The Kier molecular flexibility index (Phi) is 17.1. The van der Waals surface area contributed by atoms with E-state index in [-0.39, 0.29) is 62.0 Å². The number of nitrogens with one attached hydrogen (secondary N) is 1. The van der Waals surface area contributed by atoms with Crippen molar-refractivity contribution in [3.05, 3.63) is 117 Å². The molecule has 0 aliphatic rings. The molecule has 399 valence electrons. The average molecular weight is 1180 g/mol. The van der Waals surface area contributed by atoms with Gasteiger partial charge in [-0.1, -0.05) is 35.8 Å². The fraction of sp³-hybridized carbons (Fsp3) is 0.0488. The number of phenolic OH excluding ortho intramolecular Hbond substituents is 2. The zero-order chi connectivity index (χ0) is 56.6. The van der Waals surface area contributed by atoms with E-state index in [1.165, 1.54) is 49.4 Å². The number of aromatic hydroxyl groups is 2. The smallest absolute Gasteiger partial charge is 0.871 e. The number of nitrogens with zero attached hydrogens (tertiary/aromatic N) is 8. The fourth-order valence-electron chi connectivity index (χ4n) is 6.49. The number of aryl methyl sites for hydroxylation is 1. The molecular formula is C41H28CrN9O22S4. The Morgan fingerprint density at radius 3 is 1.60 bits per heavy atom. The molecule has 77 heavy (non-hydrogen) atoms. The third kappa shape index (κ3) is 13.6. The number of nitro benzene ring substituents is 2. The Bertz CT molecular complexity index is 4220. The second kappa shape index (κ2) is 22.3. The SMILES string of the molecule is CC(=O)Nc1ccc2cc(S(=O)(=O)O)c(N=Nc3cc(S(=O)(=O)O)cc([N+](=O)[O-])c3O)c(O)c2c1.Cc1ccc([O-])c(N=Nc2ccc3cc(S(=O)(=O)O)c(N=Nc4cc(S(=O)(=O)O)cc([N+](=O)[O-])c4[O-])c([O-])c3c2)c1.[Cr+3]. The minimum absolute atomic E-state index is 0. The van der Waals surface area contributed by atoms with Gasteiger partial charge in [-0.2, -0.15) is 49.0 Å². The number of nitro groups is 2. The van der Waals surface area contributed by atoms with Gasteiger partial charge >= 0.3 is 23.0 Å². The van der Waals surface area contributed by atoms with Gasteiger partial charge in [-0.25, -0.2) is 0 Å². The van der Waals surface area contributed by atoms with Gasteiger partial charge in [0.2, 0.25) is 11.7 Å². The number of fused-ring (bicyclic) bond motifs is 2. The Morgan fingerprint density at radius 2 is 1.04 bits per heavy atom. The summed E-state index contributed by atoms with van der Waals surface area (Å²) >= 11 is 0. The summed E-state index contributed by atoms with van der Waals surface area (Å²) in [6.07, 6.45) is 0. The van der Waals surface area contributed by atoms with E-state index in [4.69, 9.17) is 0 Å². The summed E-state index contributed by atoms with van der Waals surface area (Å²) in [6, 6.07) is 15.4. The van der Waals surface area contributed by atoms with Crippen molar-refractivity contribution in [1.82, 2.24) is 0 Å². The zero-order valence-electron chi connectivity index (χ0n) is 38.0. The normalized spacial score (nSPS) is 12.2. The van der Waals surface area contributed by atoms with E-state index in [2.05, 4.69) is 36.0 Å². The molecule has 0 bridgehead atoms. The Balaban J connectivity index is 0.000000284. The Hall–Kier alpha value is -8.70. The minimum atomic E-state index is -5.13. The molecule has 7 aromatic rings. The van der Waals surface area contributed by atoms with Crippen LogP contribution in [-0.2, 0) is 62.6 Å². The van der Waals surface area contributed by atoms with Crippen molar-refractivity contribution >= 4 is 119 Å². The fourth-order valence-corrected chi connectivity index (χ4v) is 8.84. The summed E-state index contributed by atoms with van der Waals surface area (Å²) < 4.78 is 132. The van der Waals surface area contributed by atoms with Crippen molar-refractivity contribution in [2.75, 3.05) is 5.32 Å². The summed E-state index contributed by atoms with van der Waals surface area (Å²) in [5.41, 5.74) is -5.32. The maximum Gasteiger partial charge on any atom is 3.00 e. The molecule has 7 aromatic carbocycles. The van der Waals surface area contributed by atoms with Crippen LogP contribution in [0.25, 0.3) is 21.5 Å². The molecule has 0 heterocycles. The van der Waals surface area contributed by atoms with Crippen molar-refractivity contribution in [2.24, 2.45) is 30.7 Å². The topological polar surface area (TPSA) is 517 Å². The van der Waals surface area contributed by atoms with E-state index in [0.29, 0.717) is 18.2 Å². The van der Waals surface area contributed by atoms with Crippen LogP contribution in [0.2, 0.25) is 0 Å². The monoisotopic (exact) mass is 1180 g/mol. The van der Waals surface area contributed by atoms with E-state index in [0.717, 1.165) is 23.8 Å². The molecule has 31 nitrogen and oxygen atoms in total. The molecule has 7 N–H and O–H groups in total. The zero-order valence-corrected chi connectivity index (χ0v) is 42.5. The molecule has 7 rings (SSSR count). The van der Waals surface area contributed by atoms with Gasteiger partial charge in [0, 0.05) is 35.9 Å². The molecule has 0 spiro atoms. The van der Waals surface area contributed by atoms with Crippen LogP contribution in [0.1, 0.15) is 12.5 Å². The standard InChI is InChI=1S/C23H17N5O11S2.C18H14N4O11S2.Cr/c1-11-2-5-19(29)16(6-11)25-24-13-4-3-12-7-20(41(37,38)39)21(22(30)15(12)8-13)27-26-17-9-14(40(34,35)36)10-18(23(17)31)28(32)33;1-8(23)19-10-3-2-9-4-15(35(31,32)33)16(17(24)12(9)5-10)21-20-13-6-11(34(28,29)30)7-14(18(13)25)22(26)27;/h2-10,29-31H,1H3,(H,34,35,36)(H,37,38,39);2-7,24-25H,1H3,(H,19,23)(H,28,29,30)(H,31,32,33);/q;;+3/p-3. The van der Waals surface area contributed by atoms with Crippen molar-refractivity contribution in [2.45, 2.75) is 33.4 Å². The summed E-state index contributed by atoms with van der Waals surface area (Å²) in [7, 11) is -20.2. The molecule has 0 aliphatic heterocycles. The number of rotatable bonds is 13. The molecule has 0 atom stereocenters. The van der Waals surface area contributed by atoms with E-state index in [1.807, 2.05) is 0 Å². The van der Waals surface area contributed by atoms with Gasteiger partial charge in [0.05, 0.1) is 32.6 Å². The number of phenols is 2. The van der Waals surface area contributed by atoms with Gasteiger partial charge in [-0.05, 0) is 83.2 Å². The number of amides is 1. The second-order valence-electron chi connectivity index (χ2n) is 15.2. The van der Waals surface area contributed by atoms with E-state index in [9.17, 15) is 102 Å². The minimum Gasteiger partial charge on any atom is -0.871 e. The molecule has 0 saturated heterocycles. The van der Waals surface area contributed by atoms with Crippen LogP contribution in [-0.4, -0.2) is 77.8 Å². The van der Waals surface area contributed by atoms with Crippen LogP contribution < -0.4 is 20.6 Å².